The molecular weight excluding hydrogens is 600 g/mol. The molecule has 3 aromatic carbocycles. The van der Waals surface area contributed by atoms with Gasteiger partial charge in [-0.15, -0.1) is 11.3 Å². The maximum atomic E-state index is 14.1. The molecule has 1 aliphatic rings. The lowest BCUT2D eigenvalue weighted by atomic mass is 9.99. The molecule has 236 valence electrons. The Morgan fingerprint density at radius 3 is 2.09 bits per heavy atom. The quantitative estimate of drug-likeness (QED) is 0.117. The smallest absolute Gasteiger partial charge is 0.243 e. The van der Waals surface area contributed by atoms with E-state index in [1.165, 1.54) is 0 Å². The Labute approximate surface area is 270 Å². The molecule has 0 bridgehead atoms. The number of rotatable bonds is 13. The maximum absolute atomic E-state index is 14.1. The van der Waals surface area contributed by atoms with Crippen molar-refractivity contribution >= 4 is 56.0 Å². The van der Waals surface area contributed by atoms with Crippen molar-refractivity contribution in [3.05, 3.63) is 107 Å². The van der Waals surface area contributed by atoms with E-state index >= 15 is 0 Å². The van der Waals surface area contributed by atoms with Crippen molar-refractivity contribution in [2.45, 2.75) is 37.4 Å². The van der Waals surface area contributed by atoms with Gasteiger partial charge in [0.2, 0.25) is 23.6 Å². The van der Waals surface area contributed by atoms with Gasteiger partial charge in [-0.25, -0.2) is 0 Å². The summed E-state index contributed by atoms with van der Waals surface area (Å²) in [7, 11) is 0. The minimum absolute atomic E-state index is 0.146. The Morgan fingerprint density at radius 1 is 0.739 bits per heavy atom. The molecule has 4 amide bonds. The molecule has 1 aliphatic heterocycles. The van der Waals surface area contributed by atoms with Gasteiger partial charge in [-0.05, 0) is 39.6 Å². The topological polar surface area (TPSA) is 158 Å². The van der Waals surface area contributed by atoms with Crippen LogP contribution in [0.15, 0.2) is 90.4 Å². The van der Waals surface area contributed by atoms with Gasteiger partial charge in [-0.3, -0.25) is 19.2 Å². The molecule has 10 nitrogen and oxygen atoms in total. The van der Waals surface area contributed by atoms with Crippen LogP contribution in [0, 0.1) is 5.92 Å². The lowest BCUT2D eigenvalue weighted by Gasteiger charge is -2.29. The lowest BCUT2D eigenvalue weighted by molar-refractivity contribution is -0.134. The van der Waals surface area contributed by atoms with E-state index in [0.717, 1.165) is 37.7 Å². The molecular formula is C35H36N6O4S. The Kier molecular flexibility index (Phi) is 9.41. The minimum atomic E-state index is -1.06. The van der Waals surface area contributed by atoms with Gasteiger partial charge >= 0.3 is 0 Å². The van der Waals surface area contributed by atoms with Crippen LogP contribution in [0.2, 0.25) is 0 Å². The summed E-state index contributed by atoms with van der Waals surface area (Å²) in [4.78, 5) is 56.7. The molecule has 1 saturated heterocycles. The molecule has 7 N–H and O–H groups in total. The second-order valence-electron chi connectivity index (χ2n) is 11.7. The molecule has 11 heteroatoms. The van der Waals surface area contributed by atoms with Crippen molar-refractivity contribution in [1.82, 2.24) is 26.3 Å². The van der Waals surface area contributed by atoms with Crippen LogP contribution >= 0.6 is 11.3 Å². The fourth-order valence-corrected chi connectivity index (χ4v) is 6.71. The summed E-state index contributed by atoms with van der Waals surface area (Å²) in [5.41, 5.74) is 9.20. The Hall–Kier alpha value is -5.00. The first-order valence-electron chi connectivity index (χ1n) is 15.3. The van der Waals surface area contributed by atoms with Gasteiger partial charge in [0.15, 0.2) is 0 Å². The SMILES string of the molecule is NC(=O)[C@H](Cc1ccccc1)NC(=O)[C@@H](Cc1c[nH]c2ccccc12)NC(=O)[C@@H](Cc1csc2ccccc12)NC(=O)C1CNC1. The number of benzene rings is 3. The van der Waals surface area contributed by atoms with Gasteiger partial charge in [-0.1, -0.05) is 66.7 Å². The summed E-state index contributed by atoms with van der Waals surface area (Å²) in [6.07, 6.45) is 2.41. The summed E-state index contributed by atoms with van der Waals surface area (Å²) in [6.45, 7) is 1.09. The highest BCUT2D eigenvalue weighted by Gasteiger charge is 2.33. The summed E-state index contributed by atoms with van der Waals surface area (Å²) >= 11 is 1.58. The lowest BCUT2D eigenvalue weighted by Crippen LogP contribution is -2.59. The first kappa shape index (κ1) is 31.0. The van der Waals surface area contributed by atoms with Crippen LogP contribution in [0.4, 0.5) is 0 Å². The predicted molar refractivity (Wildman–Crippen MR) is 179 cm³/mol. The number of para-hydroxylation sites is 1. The Balaban J connectivity index is 1.27. The van der Waals surface area contributed by atoms with Crippen molar-refractivity contribution < 1.29 is 19.2 Å². The normalized spacial score (nSPS) is 15.0. The summed E-state index contributed by atoms with van der Waals surface area (Å²) in [5, 5.41) is 15.7. The van der Waals surface area contributed by atoms with Crippen LogP contribution in [-0.4, -0.2) is 59.8 Å². The number of nitrogens with one attached hydrogen (secondary N) is 5. The van der Waals surface area contributed by atoms with Crippen LogP contribution in [0.25, 0.3) is 21.0 Å². The van der Waals surface area contributed by atoms with Crippen LogP contribution in [-0.2, 0) is 38.4 Å². The monoisotopic (exact) mass is 636 g/mol. The number of hydrogen-bond donors (Lipinski definition) is 6. The third kappa shape index (κ3) is 7.11. The standard InChI is InChI=1S/C35H36N6O4S/c36-32(42)28(14-21-8-2-1-3-9-21)39-34(44)29(15-22-19-38-27-12-6-4-10-25(22)27)41-35(45)30(40-33(43)24-17-37-18-24)16-23-20-46-31-13-7-5-11-26(23)31/h1-13,19-20,24,28-30,37-38H,14-18H2,(H2,36,42)(H,39,44)(H,40,43)(H,41,45)/t28-,29+,30+/m0/s1. The van der Waals surface area contributed by atoms with Crippen molar-refractivity contribution in [1.29, 1.82) is 0 Å². The van der Waals surface area contributed by atoms with Crippen molar-refractivity contribution in [2.24, 2.45) is 11.7 Å². The van der Waals surface area contributed by atoms with E-state index in [1.807, 2.05) is 90.4 Å². The summed E-state index contributed by atoms with van der Waals surface area (Å²) < 4.78 is 1.08. The number of carbonyl (C=O) groups excluding carboxylic acids is 4. The van der Waals surface area contributed by atoms with E-state index in [4.69, 9.17) is 5.73 Å². The molecule has 0 saturated carbocycles. The fourth-order valence-electron chi connectivity index (χ4n) is 5.73. The molecule has 0 aliphatic carbocycles. The van der Waals surface area contributed by atoms with Crippen molar-refractivity contribution in [3.8, 4) is 0 Å². The first-order valence-corrected chi connectivity index (χ1v) is 16.2. The van der Waals surface area contributed by atoms with Crippen molar-refractivity contribution in [3.63, 3.8) is 0 Å². The first-order chi connectivity index (χ1) is 22.4. The maximum Gasteiger partial charge on any atom is 0.243 e. The number of amides is 4. The van der Waals surface area contributed by atoms with Crippen LogP contribution < -0.4 is 27.0 Å². The number of fused-ring (bicyclic) bond motifs is 2. The zero-order valence-electron chi connectivity index (χ0n) is 25.1. The van der Waals surface area contributed by atoms with Gasteiger partial charge < -0.3 is 32.0 Å². The molecule has 0 spiro atoms. The average Bonchev–Trinajstić information content (AvgIpc) is 3.63. The number of hydrogen-bond acceptors (Lipinski definition) is 6. The number of primary amides is 1. The number of nitrogens with two attached hydrogens (primary N) is 1. The molecule has 3 atom stereocenters. The molecule has 6 rings (SSSR count). The Bertz CT molecular complexity index is 1860. The van der Waals surface area contributed by atoms with E-state index in [9.17, 15) is 19.2 Å². The van der Waals surface area contributed by atoms with Gasteiger partial charge in [-0.2, -0.15) is 0 Å². The third-order valence-corrected chi connectivity index (χ3v) is 9.46. The van der Waals surface area contributed by atoms with Gasteiger partial charge in [0.25, 0.3) is 0 Å². The molecule has 46 heavy (non-hydrogen) atoms. The zero-order valence-corrected chi connectivity index (χ0v) is 25.9. The molecule has 0 unspecified atom stereocenters. The van der Waals surface area contributed by atoms with Crippen LogP contribution in [0.3, 0.4) is 0 Å². The highest BCUT2D eigenvalue weighted by molar-refractivity contribution is 7.17. The molecule has 3 heterocycles. The van der Waals surface area contributed by atoms with E-state index in [0.29, 0.717) is 13.1 Å². The van der Waals surface area contributed by atoms with Crippen molar-refractivity contribution in [2.75, 3.05) is 13.1 Å². The van der Waals surface area contributed by atoms with Crippen LogP contribution in [0.5, 0.6) is 0 Å². The highest BCUT2D eigenvalue weighted by Crippen LogP contribution is 2.27. The zero-order chi connectivity index (χ0) is 32.0. The molecule has 2 aromatic heterocycles. The van der Waals surface area contributed by atoms with Gasteiger partial charge in [0.05, 0.1) is 5.92 Å². The number of thiophene rings is 1. The van der Waals surface area contributed by atoms with E-state index < -0.39 is 35.8 Å². The van der Waals surface area contributed by atoms with Crippen LogP contribution in [0.1, 0.15) is 16.7 Å². The molecule has 5 aromatic rings. The number of aromatic nitrogens is 1. The number of aromatic amines is 1. The van der Waals surface area contributed by atoms with E-state index in [1.54, 1.807) is 11.3 Å². The predicted octanol–water partition coefficient (Wildman–Crippen LogP) is 2.57. The van der Waals surface area contributed by atoms with Gasteiger partial charge in [0, 0.05) is 54.2 Å². The summed E-state index contributed by atoms with van der Waals surface area (Å²) in [5.74, 6) is -2.16. The second kappa shape index (κ2) is 14.0. The average molecular weight is 637 g/mol. The fraction of sp³-hybridized carbons (Fsp3) is 0.257. The minimum Gasteiger partial charge on any atom is -0.368 e. The summed E-state index contributed by atoms with van der Waals surface area (Å²) in [6, 6.07) is 21.9. The molecule has 1 fully saturated rings. The largest absolute Gasteiger partial charge is 0.368 e. The van der Waals surface area contributed by atoms with E-state index in [-0.39, 0.29) is 31.1 Å². The molecule has 0 radical (unpaired) electrons. The Morgan fingerprint density at radius 2 is 1.37 bits per heavy atom. The van der Waals surface area contributed by atoms with Gasteiger partial charge in [0.1, 0.15) is 18.1 Å². The van der Waals surface area contributed by atoms with E-state index in [2.05, 4.69) is 26.3 Å². The number of carbonyl (C=O) groups is 4. The highest BCUT2D eigenvalue weighted by atomic mass is 32.1. The number of H-pyrrole nitrogens is 1. The third-order valence-electron chi connectivity index (χ3n) is 8.44. The second-order valence-corrected chi connectivity index (χ2v) is 12.6.